The molecule has 0 heterocycles. The fourth-order valence-corrected chi connectivity index (χ4v) is 3.03. The standard InChI is InChI=1S/C24H20N2O3/c25-16-18-8-7-13-21(14-18)26-23(27)17-29-24(28)15-22(19-9-3-1-4-10-19)20-11-5-2-6-12-20/h1-14,22H,15,17H2,(H,26,27). The van der Waals surface area contributed by atoms with Gasteiger partial charge < -0.3 is 10.1 Å². The third-order valence-corrected chi connectivity index (χ3v) is 4.41. The Morgan fingerprint density at radius 2 is 1.52 bits per heavy atom. The Morgan fingerprint density at radius 3 is 2.10 bits per heavy atom. The van der Waals surface area contributed by atoms with Crippen molar-refractivity contribution in [1.82, 2.24) is 0 Å². The Labute approximate surface area is 169 Å². The Bertz CT molecular complexity index is 972. The Morgan fingerprint density at radius 1 is 0.897 bits per heavy atom. The van der Waals surface area contributed by atoms with Crippen LogP contribution in [0.25, 0.3) is 0 Å². The summed E-state index contributed by atoms with van der Waals surface area (Å²) in [5, 5.41) is 11.5. The number of nitrogens with zero attached hydrogens (tertiary/aromatic N) is 1. The first-order valence-corrected chi connectivity index (χ1v) is 9.21. The zero-order valence-electron chi connectivity index (χ0n) is 15.7. The van der Waals surface area contributed by atoms with Crippen LogP contribution < -0.4 is 5.32 Å². The van der Waals surface area contributed by atoms with Crippen molar-refractivity contribution in [3.05, 3.63) is 102 Å². The van der Waals surface area contributed by atoms with E-state index < -0.39 is 11.9 Å². The fraction of sp³-hybridized carbons (Fsp3) is 0.125. The maximum atomic E-state index is 12.4. The molecule has 5 heteroatoms. The van der Waals surface area contributed by atoms with E-state index in [1.807, 2.05) is 66.7 Å². The normalized spacial score (nSPS) is 10.2. The predicted octanol–water partition coefficient (Wildman–Crippen LogP) is 4.26. The summed E-state index contributed by atoms with van der Waals surface area (Å²) in [6.45, 7) is -0.383. The zero-order chi connectivity index (χ0) is 20.5. The molecule has 0 radical (unpaired) electrons. The number of hydrogen-bond acceptors (Lipinski definition) is 4. The average molecular weight is 384 g/mol. The summed E-state index contributed by atoms with van der Waals surface area (Å²) < 4.78 is 5.19. The van der Waals surface area contributed by atoms with Gasteiger partial charge in [-0.3, -0.25) is 9.59 Å². The lowest BCUT2D eigenvalue weighted by atomic mass is 9.89. The van der Waals surface area contributed by atoms with E-state index in [1.54, 1.807) is 24.3 Å². The highest BCUT2D eigenvalue weighted by molar-refractivity contribution is 5.93. The summed E-state index contributed by atoms with van der Waals surface area (Å²) in [6.07, 6.45) is 0.130. The maximum Gasteiger partial charge on any atom is 0.307 e. The molecule has 1 amide bonds. The van der Waals surface area contributed by atoms with Crippen molar-refractivity contribution in [2.75, 3.05) is 11.9 Å². The van der Waals surface area contributed by atoms with Gasteiger partial charge in [0.25, 0.3) is 5.91 Å². The lowest BCUT2D eigenvalue weighted by Gasteiger charge is -2.17. The second-order valence-corrected chi connectivity index (χ2v) is 6.48. The highest BCUT2D eigenvalue weighted by atomic mass is 16.5. The minimum Gasteiger partial charge on any atom is -0.456 e. The van der Waals surface area contributed by atoms with Gasteiger partial charge in [0.15, 0.2) is 6.61 Å². The van der Waals surface area contributed by atoms with E-state index in [0.29, 0.717) is 11.3 Å². The van der Waals surface area contributed by atoms with Crippen LogP contribution in [0.2, 0.25) is 0 Å². The Balaban J connectivity index is 1.60. The van der Waals surface area contributed by atoms with Gasteiger partial charge in [0.05, 0.1) is 18.1 Å². The van der Waals surface area contributed by atoms with Crippen LogP contribution in [0.1, 0.15) is 29.0 Å². The van der Waals surface area contributed by atoms with E-state index >= 15 is 0 Å². The number of anilines is 1. The summed E-state index contributed by atoms with van der Waals surface area (Å²) in [5.74, 6) is -1.06. The predicted molar refractivity (Wildman–Crippen MR) is 110 cm³/mol. The molecule has 3 aromatic carbocycles. The van der Waals surface area contributed by atoms with Crippen molar-refractivity contribution in [1.29, 1.82) is 5.26 Å². The first-order valence-electron chi connectivity index (χ1n) is 9.21. The van der Waals surface area contributed by atoms with E-state index in [4.69, 9.17) is 10.00 Å². The zero-order valence-corrected chi connectivity index (χ0v) is 15.7. The number of esters is 1. The molecule has 5 nitrogen and oxygen atoms in total. The molecule has 0 saturated carbocycles. The number of nitriles is 1. The summed E-state index contributed by atoms with van der Waals surface area (Å²) in [4.78, 5) is 24.5. The first-order chi connectivity index (χ1) is 14.2. The maximum absolute atomic E-state index is 12.4. The van der Waals surface area contributed by atoms with Crippen LogP contribution in [-0.2, 0) is 14.3 Å². The van der Waals surface area contributed by atoms with Crippen molar-refractivity contribution in [3.63, 3.8) is 0 Å². The molecule has 3 rings (SSSR count). The molecule has 0 aliphatic carbocycles. The minimum absolute atomic E-state index is 0.130. The second kappa shape index (κ2) is 9.86. The molecule has 144 valence electrons. The smallest absolute Gasteiger partial charge is 0.307 e. The SMILES string of the molecule is N#Cc1cccc(NC(=O)COC(=O)CC(c2ccccc2)c2ccccc2)c1. The van der Waals surface area contributed by atoms with Crippen molar-refractivity contribution in [2.24, 2.45) is 0 Å². The summed E-state index contributed by atoms with van der Waals surface area (Å²) in [5.41, 5.74) is 2.94. The van der Waals surface area contributed by atoms with E-state index in [-0.39, 0.29) is 18.9 Å². The van der Waals surface area contributed by atoms with Crippen LogP contribution in [0.15, 0.2) is 84.9 Å². The monoisotopic (exact) mass is 384 g/mol. The Hall–Kier alpha value is -3.91. The van der Waals surface area contributed by atoms with Gasteiger partial charge in [-0.15, -0.1) is 0 Å². The molecule has 0 saturated heterocycles. The summed E-state index contributed by atoms with van der Waals surface area (Å²) in [6, 6.07) is 28.0. The number of ether oxygens (including phenoxy) is 1. The number of carbonyl (C=O) groups is 2. The molecule has 0 fully saturated rings. The van der Waals surface area contributed by atoms with Gasteiger partial charge in [-0.1, -0.05) is 66.7 Å². The second-order valence-electron chi connectivity index (χ2n) is 6.48. The molecule has 0 aromatic heterocycles. The lowest BCUT2D eigenvalue weighted by molar-refractivity contribution is -0.147. The number of carbonyl (C=O) groups excluding carboxylic acids is 2. The van der Waals surface area contributed by atoms with Crippen molar-refractivity contribution >= 4 is 17.6 Å². The van der Waals surface area contributed by atoms with Crippen LogP contribution in [0.3, 0.4) is 0 Å². The van der Waals surface area contributed by atoms with Gasteiger partial charge in [0.1, 0.15) is 0 Å². The molecule has 0 unspecified atom stereocenters. The van der Waals surface area contributed by atoms with Gasteiger partial charge in [0, 0.05) is 11.6 Å². The number of hydrogen-bond donors (Lipinski definition) is 1. The van der Waals surface area contributed by atoms with Crippen LogP contribution in [0.5, 0.6) is 0 Å². The molecule has 0 bridgehead atoms. The van der Waals surface area contributed by atoms with Gasteiger partial charge in [-0.05, 0) is 29.3 Å². The van der Waals surface area contributed by atoms with E-state index in [0.717, 1.165) is 11.1 Å². The first kappa shape index (κ1) is 19.8. The fourth-order valence-electron chi connectivity index (χ4n) is 3.03. The van der Waals surface area contributed by atoms with Crippen molar-refractivity contribution in [3.8, 4) is 6.07 Å². The average Bonchev–Trinajstić information content (AvgIpc) is 2.77. The minimum atomic E-state index is -0.455. The molecule has 29 heavy (non-hydrogen) atoms. The highest BCUT2D eigenvalue weighted by Gasteiger charge is 2.19. The van der Waals surface area contributed by atoms with Crippen LogP contribution in [0, 0.1) is 11.3 Å². The molecular formula is C24H20N2O3. The molecule has 0 spiro atoms. The summed E-state index contributed by atoms with van der Waals surface area (Å²) >= 11 is 0. The molecule has 0 aliphatic heterocycles. The van der Waals surface area contributed by atoms with Gasteiger partial charge >= 0.3 is 5.97 Å². The quantitative estimate of drug-likeness (QED) is 0.617. The van der Waals surface area contributed by atoms with Crippen molar-refractivity contribution in [2.45, 2.75) is 12.3 Å². The van der Waals surface area contributed by atoms with E-state index in [9.17, 15) is 9.59 Å². The largest absolute Gasteiger partial charge is 0.456 e. The van der Waals surface area contributed by atoms with Gasteiger partial charge in [0.2, 0.25) is 0 Å². The number of nitrogens with one attached hydrogen (secondary N) is 1. The highest BCUT2D eigenvalue weighted by Crippen LogP contribution is 2.28. The molecule has 3 aromatic rings. The summed E-state index contributed by atoms with van der Waals surface area (Å²) in [7, 11) is 0. The van der Waals surface area contributed by atoms with Crippen LogP contribution in [-0.4, -0.2) is 18.5 Å². The number of benzene rings is 3. The van der Waals surface area contributed by atoms with Crippen LogP contribution in [0.4, 0.5) is 5.69 Å². The molecular weight excluding hydrogens is 364 g/mol. The van der Waals surface area contributed by atoms with Crippen LogP contribution >= 0.6 is 0 Å². The Kier molecular flexibility index (Phi) is 6.75. The van der Waals surface area contributed by atoms with E-state index in [2.05, 4.69) is 5.32 Å². The van der Waals surface area contributed by atoms with Crippen molar-refractivity contribution < 1.29 is 14.3 Å². The molecule has 1 N–H and O–H groups in total. The van der Waals surface area contributed by atoms with Gasteiger partial charge in [-0.2, -0.15) is 5.26 Å². The molecule has 0 atom stereocenters. The third-order valence-electron chi connectivity index (χ3n) is 4.41. The number of amides is 1. The number of rotatable bonds is 7. The topological polar surface area (TPSA) is 79.2 Å². The molecule has 0 aliphatic rings. The lowest BCUT2D eigenvalue weighted by Crippen LogP contribution is -2.22. The van der Waals surface area contributed by atoms with E-state index in [1.165, 1.54) is 0 Å². The third kappa shape index (κ3) is 5.78. The van der Waals surface area contributed by atoms with Gasteiger partial charge in [-0.25, -0.2) is 0 Å².